The van der Waals surface area contributed by atoms with Gasteiger partial charge in [-0.1, -0.05) is 27.7 Å². The first kappa shape index (κ1) is 16.7. The molecule has 1 atom stereocenters. The van der Waals surface area contributed by atoms with Gasteiger partial charge in [0.25, 0.3) is 0 Å². The number of amides is 2. The van der Waals surface area contributed by atoms with E-state index in [-0.39, 0.29) is 18.0 Å². The molecule has 0 heterocycles. The Labute approximate surface area is 110 Å². The van der Waals surface area contributed by atoms with Crippen LogP contribution < -0.4 is 5.32 Å². The Hall–Kier alpha value is -1.26. The van der Waals surface area contributed by atoms with Crippen molar-refractivity contribution in [2.24, 2.45) is 11.8 Å². The number of carbonyl (C=O) groups excluding carboxylic acids is 1. The van der Waals surface area contributed by atoms with Crippen LogP contribution >= 0.6 is 0 Å². The van der Waals surface area contributed by atoms with Crippen LogP contribution in [0.3, 0.4) is 0 Å². The predicted molar refractivity (Wildman–Crippen MR) is 71.5 cm³/mol. The highest BCUT2D eigenvalue weighted by atomic mass is 16.4. The van der Waals surface area contributed by atoms with Gasteiger partial charge in [-0.3, -0.25) is 0 Å². The van der Waals surface area contributed by atoms with Crippen molar-refractivity contribution in [1.82, 2.24) is 10.2 Å². The third-order valence-corrected chi connectivity index (χ3v) is 2.66. The number of urea groups is 1. The summed E-state index contributed by atoms with van der Waals surface area (Å²) in [5.74, 6) is -0.786. The molecule has 0 aliphatic rings. The van der Waals surface area contributed by atoms with E-state index in [0.29, 0.717) is 12.5 Å². The molecule has 0 aromatic carbocycles. The average Bonchev–Trinajstić information content (AvgIpc) is 2.20. The normalized spacial score (nSPS) is 12.9. The molecular weight excluding hydrogens is 232 g/mol. The molecule has 0 fully saturated rings. The molecule has 0 radical (unpaired) electrons. The third kappa shape index (κ3) is 5.38. The van der Waals surface area contributed by atoms with Crippen LogP contribution in [0.4, 0.5) is 4.79 Å². The Bertz CT molecular complexity index is 288. The number of nitrogens with one attached hydrogen (secondary N) is 1. The summed E-state index contributed by atoms with van der Waals surface area (Å²) >= 11 is 0. The molecule has 1 unspecified atom stereocenters. The van der Waals surface area contributed by atoms with Crippen LogP contribution in [0.25, 0.3) is 0 Å². The van der Waals surface area contributed by atoms with Gasteiger partial charge in [0.1, 0.15) is 6.04 Å². The van der Waals surface area contributed by atoms with Crippen LogP contribution in [0.15, 0.2) is 0 Å². The highest BCUT2D eigenvalue weighted by Gasteiger charge is 2.27. The number of carbonyl (C=O) groups is 2. The quantitative estimate of drug-likeness (QED) is 0.767. The second-order valence-corrected chi connectivity index (χ2v) is 5.65. The third-order valence-electron chi connectivity index (χ3n) is 2.66. The summed E-state index contributed by atoms with van der Waals surface area (Å²) < 4.78 is 0. The Morgan fingerprint density at radius 2 is 1.61 bits per heavy atom. The second-order valence-electron chi connectivity index (χ2n) is 5.65. The molecule has 0 spiro atoms. The van der Waals surface area contributed by atoms with E-state index in [2.05, 4.69) is 5.32 Å². The molecule has 0 aromatic heterocycles. The van der Waals surface area contributed by atoms with Gasteiger partial charge in [-0.15, -0.1) is 0 Å². The minimum Gasteiger partial charge on any atom is -0.480 e. The van der Waals surface area contributed by atoms with Gasteiger partial charge in [-0.2, -0.15) is 0 Å². The lowest BCUT2D eigenvalue weighted by Crippen LogP contribution is -2.52. The first-order valence-electron chi connectivity index (χ1n) is 6.46. The van der Waals surface area contributed by atoms with Crippen molar-refractivity contribution >= 4 is 12.0 Å². The lowest BCUT2D eigenvalue weighted by Gasteiger charge is -2.30. The van der Waals surface area contributed by atoms with Crippen molar-refractivity contribution in [2.75, 3.05) is 6.54 Å². The summed E-state index contributed by atoms with van der Waals surface area (Å²) in [5.41, 5.74) is 0. The lowest BCUT2D eigenvalue weighted by molar-refractivity contribution is -0.140. The molecule has 5 nitrogen and oxygen atoms in total. The summed E-state index contributed by atoms with van der Waals surface area (Å²) in [6, 6.07) is -1.10. The largest absolute Gasteiger partial charge is 0.480 e. The molecule has 106 valence electrons. The van der Waals surface area contributed by atoms with Gasteiger partial charge in [0.05, 0.1) is 0 Å². The monoisotopic (exact) mass is 258 g/mol. The molecule has 0 bridgehead atoms. The van der Waals surface area contributed by atoms with Gasteiger partial charge in [-0.25, -0.2) is 9.59 Å². The van der Waals surface area contributed by atoms with Crippen LogP contribution in [-0.2, 0) is 4.79 Å². The average molecular weight is 258 g/mol. The standard InChI is InChI=1S/C13H26N2O3/c1-8(2)7-15(10(5)6)13(18)14-11(9(3)4)12(16)17/h8-11H,7H2,1-6H3,(H,14,18)(H,16,17). The van der Waals surface area contributed by atoms with Crippen molar-refractivity contribution in [3.63, 3.8) is 0 Å². The van der Waals surface area contributed by atoms with Crippen LogP contribution in [0.5, 0.6) is 0 Å². The summed E-state index contributed by atoms with van der Waals surface area (Å²) in [7, 11) is 0. The van der Waals surface area contributed by atoms with E-state index < -0.39 is 12.0 Å². The second kappa shape index (κ2) is 7.24. The Kier molecular flexibility index (Phi) is 6.73. The first-order chi connectivity index (χ1) is 8.16. The SMILES string of the molecule is CC(C)CN(C(=O)NC(C(=O)O)C(C)C)C(C)C. The van der Waals surface area contributed by atoms with Crippen molar-refractivity contribution in [1.29, 1.82) is 0 Å². The molecule has 5 heteroatoms. The summed E-state index contributed by atoms with van der Waals surface area (Å²) in [5, 5.41) is 11.7. The number of carboxylic acid groups (broad SMARTS) is 1. The number of carboxylic acids is 1. The van der Waals surface area contributed by atoms with Gasteiger partial charge >= 0.3 is 12.0 Å². The van der Waals surface area contributed by atoms with Crippen molar-refractivity contribution < 1.29 is 14.7 Å². The fraction of sp³-hybridized carbons (Fsp3) is 0.846. The number of aliphatic carboxylic acids is 1. The van der Waals surface area contributed by atoms with E-state index in [1.54, 1.807) is 18.7 Å². The fourth-order valence-corrected chi connectivity index (χ4v) is 1.65. The molecule has 0 rings (SSSR count). The highest BCUT2D eigenvalue weighted by molar-refractivity contribution is 5.82. The predicted octanol–water partition coefficient (Wildman–Crippen LogP) is 2.17. The number of rotatable bonds is 6. The topological polar surface area (TPSA) is 69.6 Å². The van der Waals surface area contributed by atoms with E-state index >= 15 is 0 Å². The molecule has 0 saturated heterocycles. The number of hydrogen-bond acceptors (Lipinski definition) is 2. The molecular formula is C13H26N2O3. The maximum absolute atomic E-state index is 12.1. The highest BCUT2D eigenvalue weighted by Crippen LogP contribution is 2.07. The van der Waals surface area contributed by atoms with Crippen LogP contribution in [0.1, 0.15) is 41.5 Å². The summed E-state index contributed by atoms with van der Waals surface area (Å²) in [6.45, 7) is 12.1. The number of nitrogens with zero attached hydrogens (tertiary/aromatic N) is 1. The summed E-state index contributed by atoms with van der Waals surface area (Å²) in [6.07, 6.45) is 0. The van der Waals surface area contributed by atoms with E-state index in [1.165, 1.54) is 0 Å². The van der Waals surface area contributed by atoms with E-state index in [9.17, 15) is 9.59 Å². The zero-order chi connectivity index (χ0) is 14.5. The van der Waals surface area contributed by atoms with E-state index in [0.717, 1.165) is 0 Å². The Morgan fingerprint density at radius 3 is 1.89 bits per heavy atom. The van der Waals surface area contributed by atoms with Crippen LogP contribution in [-0.4, -0.2) is 40.6 Å². The van der Waals surface area contributed by atoms with E-state index in [4.69, 9.17) is 5.11 Å². The first-order valence-corrected chi connectivity index (χ1v) is 6.46. The van der Waals surface area contributed by atoms with Gasteiger partial charge in [0.15, 0.2) is 0 Å². The lowest BCUT2D eigenvalue weighted by atomic mass is 10.1. The van der Waals surface area contributed by atoms with Gasteiger partial charge in [0.2, 0.25) is 0 Å². The van der Waals surface area contributed by atoms with Crippen molar-refractivity contribution in [2.45, 2.75) is 53.6 Å². The van der Waals surface area contributed by atoms with Crippen LogP contribution in [0.2, 0.25) is 0 Å². The molecule has 0 aliphatic heterocycles. The maximum atomic E-state index is 12.1. The van der Waals surface area contributed by atoms with Crippen molar-refractivity contribution in [3.8, 4) is 0 Å². The van der Waals surface area contributed by atoms with Crippen molar-refractivity contribution in [3.05, 3.63) is 0 Å². The van der Waals surface area contributed by atoms with E-state index in [1.807, 2.05) is 27.7 Å². The zero-order valence-corrected chi connectivity index (χ0v) is 12.2. The Morgan fingerprint density at radius 1 is 1.11 bits per heavy atom. The minimum atomic E-state index is -0.994. The number of hydrogen-bond donors (Lipinski definition) is 2. The fourth-order valence-electron chi connectivity index (χ4n) is 1.65. The molecule has 18 heavy (non-hydrogen) atoms. The maximum Gasteiger partial charge on any atom is 0.326 e. The molecule has 0 aliphatic carbocycles. The molecule has 2 N–H and O–H groups in total. The molecule has 2 amide bonds. The molecule has 0 aromatic rings. The summed E-state index contributed by atoms with van der Waals surface area (Å²) in [4.78, 5) is 24.8. The Balaban J connectivity index is 4.72. The van der Waals surface area contributed by atoms with Gasteiger partial charge in [0, 0.05) is 12.6 Å². The van der Waals surface area contributed by atoms with Crippen LogP contribution in [0, 0.1) is 11.8 Å². The zero-order valence-electron chi connectivity index (χ0n) is 12.2. The van der Waals surface area contributed by atoms with Gasteiger partial charge < -0.3 is 15.3 Å². The molecule has 0 saturated carbocycles. The smallest absolute Gasteiger partial charge is 0.326 e. The van der Waals surface area contributed by atoms with Gasteiger partial charge in [-0.05, 0) is 25.7 Å². The minimum absolute atomic E-state index is 0.0500.